The number of ether oxygens (including phenoxy) is 1. The summed E-state index contributed by atoms with van der Waals surface area (Å²) in [5.41, 5.74) is 1.40. The monoisotopic (exact) mass is 276 g/mol. The van der Waals surface area contributed by atoms with Gasteiger partial charge < -0.3 is 10.1 Å². The molecule has 1 unspecified atom stereocenters. The van der Waals surface area contributed by atoms with Crippen molar-refractivity contribution in [3.05, 3.63) is 35.4 Å². The average Bonchev–Trinajstić information content (AvgIpc) is 2.84. The first-order valence-corrected chi connectivity index (χ1v) is 6.36. The molecule has 6 heteroatoms. The Kier molecular flexibility index (Phi) is 4.02. The summed E-state index contributed by atoms with van der Waals surface area (Å²) in [4.78, 5) is 36.3. The summed E-state index contributed by atoms with van der Waals surface area (Å²) in [5.74, 6) is -1.09. The van der Waals surface area contributed by atoms with Crippen LogP contribution in [0.15, 0.2) is 24.3 Å². The fraction of sp³-hybridized carbons (Fsp3) is 0.357. The molecule has 0 aliphatic carbocycles. The Morgan fingerprint density at radius 2 is 1.95 bits per heavy atom. The van der Waals surface area contributed by atoms with Gasteiger partial charge in [0, 0.05) is 13.1 Å². The van der Waals surface area contributed by atoms with Gasteiger partial charge in [0.2, 0.25) is 0 Å². The Bertz CT molecular complexity index is 539. The topological polar surface area (TPSA) is 75.7 Å². The van der Waals surface area contributed by atoms with Gasteiger partial charge in [0.1, 0.15) is 0 Å². The first kappa shape index (κ1) is 14.0. The number of carbonyl (C=O) groups excluding carboxylic acids is 3. The fourth-order valence-electron chi connectivity index (χ4n) is 1.87. The Morgan fingerprint density at radius 3 is 2.50 bits per heavy atom. The van der Waals surface area contributed by atoms with Crippen molar-refractivity contribution in [3.8, 4) is 0 Å². The van der Waals surface area contributed by atoms with Crippen LogP contribution in [0.4, 0.5) is 4.79 Å². The Labute approximate surface area is 116 Å². The molecular weight excluding hydrogens is 260 g/mol. The number of carbonyl (C=O) groups is 3. The van der Waals surface area contributed by atoms with Gasteiger partial charge in [-0.3, -0.25) is 9.69 Å². The van der Waals surface area contributed by atoms with Crippen molar-refractivity contribution in [2.24, 2.45) is 0 Å². The van der Waals surface area contributed by atoms with E-state index >= 15 is 0 Å². The summed E-state index contributed by atoms with van der Waals surface area (Å²) in [5, 5.41) is 2.52. The van der Waals surface area contributed by atoms with E-state index < -0.39 is 24.0 Å². The van der Waals surface area contributed by atoms with Crippen LogP contribution < -0.4 is 5.32 Å². The van der Waals surface area contributed by atoms with E-state index in [1.54, 1.807) is 24.3 Å². The Morgan fingerprint density at radius 1 is 1.30 bits per heavy atom. The second-order valence-electron chi connectivity index (χ2n) is 4.64. The minimum absolute atomic E-state index is 0.296. The normalized spacial score (nSPS) is 15.7. The summed E-state index contributed by atoms with van der Waals surface area (Å²) in [6, 6.07) is 6.40. The van der Waals surface area contributed by atoms with Gasteiger partial charge in [-0.25, -0.2) is 9.59 Å². The molecule has 20 heavy (non-hydrogen) atoms. The summed E-state index contributed by atoms with van der Waals surface area (Å²) in [6.07, 6.45) is -0.993. The van der Waals surface area contributed by atoms with Crippen molar-refractivity contribution < 1.29 is 19.1 Å². The van der Waals surface area contributed by atoms with E-state index in [1.807, 2.05) is 6.92 Å². The van der Waals surface area contributed by atoms with Crippen LogP contribution in [0, 0.1) is 6.92 Å². The fourth-order valence-corrected chi connectivity index (χ4v) is 1.87. The standard InChI is InChI=1S/C14H16N2O4/c1-9-3-5-11(6-4-9)13(18)20-10(2)12(17)16-8-7-15-14(16)19/h3-6,10H,7-8H2,1-2H3,(H,15,19). The maximum Gasteiger partial charge on any atom is 0.338 e. The predicted molar refractivity (Wildman–Crippen MR) is 71.2 cm³/mol. The molecule has 0 aromatic heterocycles. The van der Waals surface area contributed by atoms with E-state index in [0.717, 1.165) is 10.5 Å². The van der Waals surface area contributed by atoms with Crippen LogP contribution in [0.3, 0.4) is 0 Å². The van der Waals surface area contributed by atoms with E-state index in [1.165, 1.54) is 6.92 Å². The molecule has 0 spiro atoms. The maximum atomic E-state index is 12.0. The summed E-state index contributed by atoms with van der Waals surface area (Å²) in [7, 11) is 0. The lowest BCUT2D eigenvalue weighted by Crippen LogP contribution is -2.41. The van der Waals surface area contributed by atoms with Gasteiger partial charge in [-0.1, -0.05) is 17.7 Å². The van der Waals surface area contributed by atoms with Crippen LogP contribution in [0.5, 0.6) is 0 Å². The molecule has 106 valence electrons. The van der Waals surface area contributed by atoms with Crippen molar-refractivity contribution in [1.82, 2.24) is 10.2 Å². The molecule has 1 heterocycles. The summed E-state index contributed by atoms with van der Waals surface area (Å²) in [6.45, 7) is 4.08. The highest BCUT2D eigenvalue weighted by atomic mass is 16.5. The highest BCUT2D eigenvalue weighted by Crippen LogP contribution is 2.09. The highest BCUT2D eigenvalue weighted by molar-refractivity contribution is 5.99. The third-order valence-electron chi connectivity index (χ3n) is 3.04. The van der Waals surface area contributed by atoms with E-state index in [-0.39, 0.29) is 0 Å². The molecule has 2 rings (SSSR count). The number of hydrogen-bond donors (Lipinski definition) is 1. The van der Waals surface area contributed by atoms with Gasteiger partial charge >= 0.3 is 12.0 Å². The largest absolute Gasteiger partial charge is 0.449 e. The van der Waals surface area contributed by atoms with Gasteiger partial charge in [-0.15, -0.1) is 0 Å². The number of hydrogen-bond acceptors (Lipinski definition) is 4. The number of nitrogens with zero attached hydrogens (tertiary/aromatic N) is 1. The number of nitrogens with one attached hydrogen (secondary N) is 1. The second kappa shape index (κ2) is 5.73. The van der Waals surface area contributed by atoms with Crippen molar-refractivity contribution >= 4 is 17.9 Å². The molecule has 6 nitrogen and oxygen atoms in total. The first-order valence-electron chi connectivity index (χ1n) is 6.36. The molecule has 1 aliphatic rings. The zero-order valence-corrected chi connectivity index (χ0v) is 11.4. The van der Waals surface area contributed by atoms with Crippen molar-refractivity contribution in [1.29, 1.82) is 0 Å². The molecule has 1 N–H and O–H groups in total. The zero-order valence-electron chi connectivity index (χ0n) is 11.4. The minimum Gasteiger partial charge on any atom is -0.449 e. The molecule has 1 atom stereocenters. The third kappa shape index (κ3) is 2.96. The van der Waals surface area contributed by atoms with E-state index in [9.17, 15) is 14.4 Å². The molecule has 1 saturated heterocycles. The van der Waals surface area contributed by atoms with Gasteiger partial charge in [-0.05, 0) is 26.0 Å². The van der Waals surface area contributed by atoms with Crippen LogP contribution in [-0.2, 0) is 9.53 Å². The third-order valence-corrected chi connectivity index (χ3v) is 3.04. The Hall–Kier alpha value is -2.37. The molecule has 0 radical (unpaired) electrons. The van der Waals surface area contributed by atoms with Crippen LogP contribution in [0.1, 0.15) is 22.8 Å². The van der Waals surface area contributed by atoms with Gasteiger partial charge in [0.25, 0.3) is 5.91 Å². The Balaban J connectivity index is 1.98. The SMILES string of the molecule is Cc1ccc(C(=O)OC(C)C(=O)N2CCNC2=O)cc1. The van der Waals surface area contributed by atoms with E-state index in [4.69, 9.17) is 4.74 Å². The predicted octanol–water partition coefficient (Wildman–Crippen LogP) is 1.09. The summed E-state index contributed by atoms with van der Waals surface area (Å²) >= 11 is 0. The number of aryl methyl sites for hydroxylation is 1. The van der Waals surface area contributed by atoms with E-state index in [2.05, 4.69) is 5.32 Å². The molecule has 1 fully saturated rings. The lowest BCUT2D eigenvalue weighted by molar-refractivity contribution is -0.136. The number of esters is 1. The number of rotatable bonds is 3. The number of amides is 3. The van der Waals surface area contributed by atoms with Gasteiger partial charge in [0.05, 0.1) is 5.56 Å². The van der Waals surface area contributed by atoms with Crippen molar-refractivity contribution in [2.75, 3.05) is 13.1 Å². The van der Waals surface area contributed by atoms with Gasteiger partial charge in [-0.2, -0.15) is 0 Å². The van der Waals surface area contributed by atoms with Crippen molar-refractivity contribution in [3.63, 3.8) is 0 Å². The lowest BCUT2D eigenvalue weighted by atomic mass is 10.1. The lowest BCUT2D eigenvalue weighted by Gasteiger charge is -2.18. The van der Waals surface area contributed by atoms with Crippen LogP contribution in [0.25, 0.3) is 0 Å². The van der Waals surface area contributed by atoms with Crippen LogP contribution >= 0.6 is 0 Å². The molecular formula is C14H16N2O4. The first-order chi connectivity index (χ1) is 9.49. The number of imide groups is 1. The van der Waals surface area contributed by atoms with E-state index in [0.29, 0.717) is 18.7 Å². The van der Waals surface area contributed by atoms with Crippen LogP contribution in [0.2, 0.25) is 0 Å². The highest BCUT2D eigenvalue weighted by Gasteiger charge is 2.31. The molecule has 1 aromatic rings. The molecule has 1 aromatic carbocycles. The van der Waals surface area contributed by atoms with Gasteiger partial charge in [0.15, 0.2) is 6.10 Å². The van der Waals surface area contributed by atoms with Crippen LogP contribution in [-0.4, -0.2) is 42.0 Å². The molecule has 1 aliphatic heterocycles. The molecule has 0 bridgehead atoms. The average molecular weight is 276 g/mol. The smallest absolute Gasteiger partial charge is 0.338 e. The molecule has 3 amide bonds. The number of urea groups is 1. The molecule has 0 saturated carbocycles. The minimum atomic E-state index is -0.993. The zero-order chi connectivity index (χ0) is 14.7. The second-order valence-corrected chi connectivity index (χ2v) is 4.64. The summed E-state index contributed by atoms with van der Waals surface area (Å²) < 4.78 is 5.09. The number of benzene rings is 1. The quantitative estimate of drug-likeness (QED) is 0.839. The van der Waals surface area contributed by atoms with Crippen molar-refractivity contribution in [2.45, 2.75) is 20.0 Å². The maximum absolute atomic E-state index is 12.0.